The number of aromatic amines is 1. The molecule has 0 aliphatic heterocycles. The number of hydrogen-bond acceptors (Lipinski definition) is 7. The zero-order chi connectivity index (χ0) is 18.2. The van der Waals surface area contributed by atoms with Crippen molar-refractivity contribution < 1.29 is 14.3 Å². The van der Waals surface area contributed by atoms with Gasteiger partial charge in [0.15, 0.2) is 5.13 Å². The standard InChI is InChI=1S/C16H19N5O3S/c1-16(2,3)24-15(22)21-14-18-7-9(19-14)8-5-6-10(23-4)11-12(8)25-13(17)20-11/h5-7H,1-4H3,(H2,17,20)(H2,18,19,21,22). The van der Waals surface area contributed by atoms with Crippen LogP contribution in [0, 0.1) is 0 Å². The third-order valence-corrected chi connectivity index (χ3v) is 4.15. The van der Waals surface area contributed by atoms with Gasteiger partial charge >= 0.3 is 6.09 Å². The SMILES string of the molecule is COc1ccc(-c2cnc(NC(=O)OC(C)(C)C)[nH]2)c2sc(N)nc12. The van der Waals surface area contributed by atoms with Crippen molar-refractivity contribution in [3.63, 3.8) is 0 Å². The van der Waals surface area contributed by atoms with E-state index in [9.17, 15) is 4.79 Å². The maximum atomic E-state index is 11.8. The molecule has 2 aromatic heterocycles. The van der Waals surface area contributed by atoms with E-state index in [1.165, 1.54) is 11.3 Å². The van der Waals surface area contributed by atoms with Crippen molar-refractivity contribution in [2.24, 2.45) is 0 Å². The van der Waals surface area contributed by atoms with Crippen LogP contribution in [0.2, 0.25) is 0 Å². The van der Waals surface area contributed by atoms with E-state index in [0.29, 0.717) is 22.3 Å². The van der Waals surface area contributed by atoms with Gasteiger partial charge in [-0.3, -0.25) is 5.32 Å². The number of carbonyl (C=O) groups is 1. The van der Waals surface area contributed by atoms with E-state index >= 15 is 0 Å². The maximum absolute atomic E-state index is 11.8. The third-order valence-electron chi connectivity index (χ3n) is 3.23. The Morgan fingerprint density at radius 3 is 2.80 bits per heavy atom. The molecule has 0 saturated carbocycles. The fourth-order valence-electron chi connectivity index (χ4n) is 2.30. The predicted octanol–water partition coefficient (Wildman–Crippen LogP) is 3.62. The Morgan fingerprint density at radius 1 is 1.36 bits per heavy atom. The summed E-state index contributed by atoms with van der Waals surface area (Å²) in [7, 11) is 1.59. The summed E-state index contributed by atoms with van der Waals surface area (Å²) >= 11 is 1.36. The molecule has 0 atom stereocenters. The monoisotopic (exact) mass is 361 g/mol. The Bertz CT molecular complexity index is 926. The fourth-order valence-corrected chi connectivity index (χ4v) is 3.18. The average molecular weight is 361 g/mol. The number of hydrogen-bond donors (Lipinski definition) is 3. The number of methoxy groups -OCH3 is 1. The molecule has 0 aliphatic rings. The van der Waals surface area contributed by atoms with Crippen LogP contribution in [0.5, 0.6) is 5.75 Å². The van der Waals surface area contributed by atoms with Gasteiger partial charge < -0.3 is 20.2 Å². The number of imidazole rings is 1. The largest absolute Gasteiger partial charge is 0.494 e. The van der Waals surface area contributed by atoms with E-state index < -0.39 is 11.7 Å². The van der Waals surface area contributed by atoms with Crippen LogP contribution in [0.15, 0.2) is 18.3 Å². The summed E-state index contributed by atoms with van der Waals surface area (Å²) in [6, 6.07) is 3.71. The van der Waals surface area contributed by atoms with Crippen LogP contribution in [0.3, 0.4) is 0 Å². The van der Waals surface area contributed by atoms with Crippen molar-refractivity contribution in [1.82, 2.24) is 15.0 Å². The van der Waals surface area contributed by atoms with Crippen LogP contribution in [0.25, 0.3) is 21.5 Å². The molecule has 0 saturated heterocycles. The summed E-state index contributed by atoms with van der Waals surface area (Å²) in [5, 5.41) is 3.03. The number of H-pyrrole nitrogens is 1. The topological polar surface area (TPSA) is 115 Å². The number of thiazole rings is 1. The summed E-state index contributed by atoms with van der Waals surface area (Å²) < 4.78 is 11.4. The minimum atomic E-state index is -0.582. The lowest BCUT2D eigenvalue weighted by Crippen LogP contribution is -2.27. The van der Waals surface area contributed by atoms with Crippen molar-refractivity contribution in [1.29, 1.82) is 0 Å². The Balaban J connectivity index is 1.90. The molecular formula is C16H19N5O3S. The van der Waals surface area contributed by atoms with Crippen LogP contribution in [-0.4, -0.2) is 33.8 Å². The number of nitrogens with two attached hydrogens (primary N) is 1. The van der Waals surface area contributed by atoms with Gasteiger partial charge in [0.25, 0.3) is 0 Å². The van der Waals surface area contributed by atoms with Gasteiger partial charge in [-0.05, 0) is 32.9 Å². The zero-order valence-corrected chi connectivity index (χ0v) is 15.2. The molecule has 9 heteroatoms. The first-order valence-corrected chi connectivity index (χ1v) is 8.37. The van der Waals surface area contributed by atoms with Crippen LogP contribution in [0.4, 0.5) is 15.9 Å². The summed E-state index contributed by atoms with van der Waals surface area (Å²) in [4.78, 5) is 23.4. The molecule has 8 nitrogen and oxygen atoms in total. The highest BCUT2D eigenvalue weighted by molar-refractivity contribution is 7.22. The van der Waals surface area contributed by atoms with Crippen LogP contribution >= 0.6 is 11.3 Å². The van der Waals surface area contributed by atoms with Crippen molar-refractivity contribution in [3.8, 4) is 17.0 Å². The fraction of sp³-hybridized carbons (Fsp3) is 0.312. The molecule has 3 rings (SSSR count). The number of rotatable bonds is 3. The highest BCUT2D eigenvalue weighted by atomic mass is 32.1. The molecule has 0 fully saturated rings. The number of aromatic nitrogens is 3. The predicted molar refractivity (Wildman–Crippen MR) is 98.0 cm³/mol. The molecule has 2 heterocycles. The Kier molecular flexibility index (Phi) is 4.25. The number of benzene rings is 1. The molecule has 0 aliphatic carbocycles. The first kappa shape index (κ1) is 17.0. The van der Waals surface area contributed by atoms with Gasteiger partial charge in [-0.2, -0.15) is 0 Å². The van der Waals surface area contributed by atoms with Crippen LogP contribution in [0.1, 0.15) is 20.8 Å². The van der Waals surface area contributed by atoms with Gasteiger partial charge in [-0.1, -0.05) is 11.3 Å². The number of anilines is 2. The second-order valence-corrected chi connectivity index (χ2v) is 7.35. The summed E-state index contributed by atoms with van der Waals surface area (Å²) in [6.45, 7) is 5.38. The number of fused-ring (bicyclic) bond motifs is 1. The number of ether oxygens (including phenoxy) is 2. The highest BCUT2D eigenvalue weighted by Crippen LogP contribution is 2.38. The second kappa shape index (κ2) is 6.25. The quantitative estimate of drug-likeness (QED) is 0.656. The molecule has 1 aromatic carbocycles. The molecule has 4 N–H and O–H groups in total. The van der Waals surface area contributed by atoms with E-state index in [4.69, 9.17) is 15.2 Å². The van der Waals surface area contributed by atoms with Crippen molar-refractivity contribution in [3.05, 3.63) is 18.3 Å². The Hall–Kier alpha value is -2.81. The first-order valence-electron chi connectivity index (χ1n) is 7.55. The van der Waals surface area contributed by atoms with Gasteiger partial charge in [-0.25, -0.2) is 14.8 Å². The lowest BCUT2D eigenvalue weighted by Gasteiger charge is -2.18. The summed E-state index contributed by atoms with van der Waals surface area (Å²) in [5.74, 6) is 0.948. The van der Waals surface area contributed by atoms with E-state index in [1.807, 2.05) is 12.1 Å². The zero-order valence-electron chi connectivity index (χ0n) is 14.3. The van der Waals surface area contributed by atoms with Crippen LogP contribution < -0.4 is 15.8 Å². The average Bonchev–Trinajstić information content (AvgIpc) is 3.10. The molecule has 0 spiro atoms. The third kappa shape index (κ3) is 3.66. The molecule has 1 amide bonds. The number of nitrogens with one attached hydrogen (secondary N) is 2. The molecule has 25 heavy (non-hydrogen) atoms. The Morgan fingerprint density at radius 2 is 2.12 bits per heavy atom. The second-order valence-electron chi connectivity index (χ2n) is 6.32. The molecule has 132 valence electrons. The van der Waals surface area contributed by atoms with Crippen LogP contribution in [-0.2, 0) is 4.74 Å². The molecule has 3 aromatic rings. The van der Waals surface area contributed by atoms with Gasteiger partial charge in [0.05, 0.1) is 23.7 Å². The minimum absolute atomic E-state index is 0.297. The number of carbonyl (C=O) groups excluding carboxylic acids is 1. The molecule has 0 radical (unpaired) electrons. The first-order chi connectivity index (χ1) is 11.8. The van der Waals surface area contributed by atoms with E-state index in [1.54, 1.807) is 34.1 Å². The molecule has 0 bridgehead atoms. The molecule has 0 unspecified atom stereocenters. The maximum Gasteiger partial charge on any atom is 0.414 e. The van der Waals surface area contributed by atoms with E-state index in [2.05, 4.69) is 20.3 Å². The van der Waals surface area contributed by atoms with Gasteiger partial charge in [-0.15, -0.1) is 0 Å². The smallest absolute Gasteiger partial charge is 0.414 e. The van der Waals surface area contributed by atoms with Crippen molar-refractivity contribution in [2.45, 2.75) is 26.4 Å². The lowest BCUT2D eigenvalue weighted by molar-refractivity contribution is 0.0635. The Labute approximate surface area is 148 Å². The van der Waals surface area contributed by atoms with E-state index in [-0.39, 0.29) is 0 Å². The summed E-state index contributed by atoms with van der Waals surface area (Å²) in [6.07, 6.45) is 1.06. The van der Waals surface area contributed by atoms with Crippen molar-refractivity contribution in [2.75, 3.05) is 18.2 Å². The normalized spacial score (nSPS) is 11.5. The number of nitrogens with zero attached hydrogens (tertiary/aromatic N) is 2. The highest BCUT2D eigenvalue weighted by Gasteiger charge is 2.18. The lowest BCUT2D eigenvalue weighted by atomic mass is 10.1. The summed E-state index contributed by atoms with van der Waals surface area (Å²) in [5.41, 5.74) is 7.55. The number of amides is 1. The minimum Gasteiger partial charge on any atom is -0.494 e. The van der Waals surface area contributed by atoms with Crippen molar-refractivity contribution >= 4 is 38.7 Å². The number of nitrogen functional groups attached to an aromatic ring is 1. The molecular weight excluding hydrogens is 342 g/mol. The van der Waals surface area contributed by atoms with E-state index in [0.717, 1.165) is 16.0 Å². The van der Waals surface area contributed by atoms with Gasteiger partial charge in [0, 0.05) is 5.56 Å². The van der Waals surface area contributed by atoms with Gasteiger partial charge in [0.2, 0.25) is 5.95 Å². The van der Waals surface area contributed by atoms with Gasteiger partial charge in [0.1, 0.15) is 16.9 Å².